The van der Waals surface area contributed by atoms with Crippen molar-refractivity contribution in [3.05, 3.63) is 53.4 Å². The van der Waals surface area contributed by atoms with E-state index < -0.39 is 0 Å². The van der Waals surface area contributed by atoms with Crippen molar-refractivity contribution in [3.63, 3.8) is 0 Å². The smallest absolute Gasteiger partial charge is 0.170 e. The fourth-order valence-electron chi connectivity index (χ4n) is 1.55. The van der Waals surface area contributed by atoms with E-state index in [1.54, 1.807) is 12.1 Å². The molecule has 0 aliphatic rings. The molecule has 0 bridgehead atoms. The Morgan fingerprint density at radius 2 is 2.00 bits per heavy atom. The zero-order chi connectivity index (χ0) is 11.4. The minimum atomic E-state index is -0.237. The van der Waals surface area contributed by atoms with Crippen LogP contribution in [0, 0.1) is 5.82 Å². The van der Waals surface area contributed by atoms with Gasteiger partial charge in [-0.15, -0.1) is 0 Å². The Morgan fingerprint density at radius 1 is 1.25 bits per heavy atom. The van der Waals surface area contributed by atoms with E-state index in [9.17, 15) is 9.18 Å². The average Bonchev–Trinajstić information content (AvgIpc) is 2.76. The highest BCUT2D eigenvalue weighted by molar-refractivity contribution is 5.73. The predicted molar refractivity (Wildman–Crippen MR) is 57.8 cm³/mol. The summed E-state index contributed by atoms with van der Waals surface area (Å²) in [4.78, 5) is 17.4. The van der Waals surface area contributed by atoms with Crippen LogP contribution >= 0.6 is 0 Å². The largest absolute Gasteiger partial charge is 0.348 e. The zero-order valence-electron chi connectivity index (χ0n) is 8.61. The van der Waals surface area contributed by atoms with Crippen LogP contribution in [0.4, 0.5) is 4.39 Å². The SMILES string of the molecule is O=Cc1nc[nH]c1CCc1ccc(F)cc1. The quantitative estimate of drug-likeness (QED) is 0.799. The number of nitrogens with zero attached hydrogens (tertiary/aromatic N) is 1. The molecular weight excluding hydrogens is 207 g/mol. The number of aromatic nitrogens is 2. The minimum Gasteiger partial charge on any atom is -0.348 e. The third kappa shape index (κ3) is 2.34. The number of carbonyl (C=O) groups is 1. The van der Waals surface area contributed by atoms with E-state index in [0.29, 0.717) is 12.1 Å². The van der Waals surface area contributed by atoms with Gasteiger partial charge in [0.1, 0.15) is 11.5 Å². The van der Waals surface area contributed by atoms with Crippen molar-refractivity contribution in [2.45, 2.75) is 12.8 Å². The molecule has 1 N–H and O–H groups in total. The van der Waals surface area contributed by atoms with Crippen LogP contribution in [0.2, 0.25) is 0 Å². The van der Waals surface area contributed by atoms with Gasteiger partial charge in [0.05, 0.1) is 6.33 Å². The molecule has 4 heteroatoms. The standard InChI is InChI=1S/C12H11FN2O/c13-10-4-1-9(2-5-10)3-6-11-12(7-16)15-8-14-11/h1-2,4-5,7-8H,3,6H2,(H,14,15). The molecule has 2 rings (SSSR count). The number of benzene rings is 1. The van der Waals surface area contributed by atoms with Crippen molar-refractivity contribution in [1.82, 2.24) is 9.97 Å². The summed E-state index contributed by atoms with van der Waals surface area (Å²) in [6.45, 7) is 0. The summed E-state index contributed by atoms with van der Waals surface area (Å²) in [5.74, 6) is -0.237. The van der Waals surface area contributed by atoms with E-state index in [2.05, 4.69) is 9.97 Å². The Balaban J connectivity index is 2.02. The number of rotatable bonds is 4. The third-order valence-corrected chi connectivity index (χ3v) is 2.44. The molecule has 0 aliphatic carbocycles. The average molecular weight is 218 g/mol. The van der Waals surface area contributed by atoms with Gasteiger partial charge >= 0.3 is 0 Å². The molecule has 0 amide bonds. The second kappa shape index (κ2) is 4.70. The first kappa shape index (κ1) is 10.5. The van der Waals surface area contributed by atoms with E-state index in [-0.39, 0.29) is 5.82 Å². The second-order valence-corrected chi connectivity index (χ2v) is 3.51. The topological polar surface area (TPSA) is 45.8 Å². The van der Waals surface area contributed by atoms with Crippen LogP contribution in [0.25, 0.3) is 0 Å². The number of hydrogen-bond donors (Lipinski definition) is 1. The highest BCUT2D eigenvalue weighted by atomic mass is 19.1. The van der Waals surface area contributed by atoms with Gasteiger partial charge in [0, 0.05) is 5.69 Å². The van der Waals surface area contributed by atoms with Crippen LogP contribution in [0.15, 0.2) is 30.6 Å². The molecule has 1 aromatic carbocycles. The van der Waals surface area contributed by atoms with E-state index in [1.165, 1.54) is 18.5 Å². The van der Waals surface area contributed by atoms with Crippen LogP contribution in [-0.4, -0.2) is 16.3 Å². The van der Waals surface area contributed by atoms with Crippen LogP contribution in [0.1, 0.15) is 21.7 Å². The van der Waals surface area contributed by atoms with Gasteiger partial charge in [-0.2, -0.15) is 0 Å². The van der Waals surface area contributed by atoms with E-state index in [4.69, 9.17) is 0 Å². The minimum absolute atomic E-state index is 0.237. The number of imidazole rings is 1. The highest BCUT2D eigenvalue weighted by Gasteiger charge is 2.04. The summed E-state index contributed by atoms with van der Waals surface area (Å²) in [7, 11) is 0. The summed E-state index contributed by atoms with van der Waals surface area (Å²) >= 11 is 0. The Morgan fingerprint density at radius 3 is 2.69 bits per heavy atom. The molecule has 2 aromatic rings. The summed E-state index contributed by atoms with van der Waals surface area (Å²) in [6, 6.07) is 6.35. The van der Waals surface area contributed by atoms with Crippen molar-refractivity contribution < 1.29 is 9.18 Å². The summed E-state index contributed by atoms with van der Waals surface area (Å²) in [6.07, 6.45) is 3.68. The Kier molecular flexibility index (Phi) is 3.10. The fourth-order valence-corrected chi connectivity index (χ4v) is 1.55. The number of aldehydes is 1. The van der Waals surface area contributed by atoms with Crippen molar-refractivity contribution in [2.24, 2.45) is 0 Å². The van der Waals surface area contributed by atoms with Gasteiger partial charge in [-0.3, -0.25) is 4.79 Å². The number of hydrogen-bond acceptors (Lipinski definition) is 2. The number of carbonyl (C=O) groups excluding carboxylic acids is 1. The monoisotopic (exact) mass is 218 g/mol. The van der Waals surface area contributed by atoms with Gasteiger partial charge in [-0.25, -0.2) is 9.37 Å². The lowest BCUT2D eigenvalue weighted by molar-refractivity contribution is 0.111. The maximum Gasteiger partial charge on any atom is 0.170 e. The molecule has 0 aliphatic heterocycles. The molecule has 0 saturated heterocycles. The van der Waals surface area contributed by atoms with E-state index >= 15 is 0 Å². The predicted octanol–water partition coefficient (Wildman–Crippen LogP) is 2.15. The molecule has 3 nitrogen and oxygen atoms in total. The van der Waals surface area contributed by atoms with Crippen molar-refractivity contribution in [1.29, 1.82) is 0 Å². The van der Waals surface area contributed by atoms with Crippen molar-refractivity contribution in [2.75, 3.05) is 0 Å². The second-order valence-electron chi connectivity index (χ2n) is 3.51. The molecule has 16 heavy (non-hydrogen) atoms. The van der Waals surface area contributed by atoms with Gasteiger partial charge < -0.3 is 4.98 Å². The fraction of sp³-hybridized carbons (Fsp3) is 0.167. The lowest BCUT2D eigenvalue weighted by Gasteiger charge is -2.00. The number of aromatic amines is 1. The molecular formula is C12H11FN2O. The van der Waals surface area contributed by atoms with Crippen LogP contribution in [0.3, 0.4) is 0 Å². The van der Waals surface area contributed by atoms with Crippen LogP contribution < -0.4 is 0 Å². The molecule has 0 radical (unpaired) electrons. The lowest BCUT2D eigenvalue weighted by atomic mass is 10.1. The number of aryl methyl sites for hydroxylation is 2. The molecule has 0 saturated carbocycles. The molecule has 0 fully saturated rings. The highest BCUT2D eigenvalue weighted by Crippen LogP contribution is 2.08. The maximum atomic E-state index is 12.7. The van der Waals surface area contributed by atoms with E-state index in [1.807, 2.05) is 0 Å². The number of nitrogens with one attached hydrogen (secondary N) is 1. The van der Waals surface area contributed by atoms with E-state index in [0.717, 1.165) is 24.0 Å². The van der Waals surface area contributed by atoms with Crippen LogP contribution in [0.5, 0.6) is 0 Å². The molecule has 0 spiro atoms. The summed E-state index contributed by atoms with van der Waals surface area (Å²) < 4.78 is 12.7. The molecule has 1 aromatic heterocycles. The van der Waals surface area contributed by atoms with Gasteiger partial charge in [-0.05, 0) is 30.5 Å². The Labute approximate surface area is 92.3 Å². The van der Waals surface area contributed by atoms with Crippen LogP contribution in [-0.2, 0) is 12.8 Å². The first-order valence-corrected chi connectivity index (χ1v) is 5.01. The van der Waals surface area contributed by atoms with Gasteiger partial charge in [0.15, 0.2) is 6.29 Å². The number of halogens is 1. The van der Waals surface area contributed by atoms with Gasteiger partial charge in [0.25, 0.3) is 0 Å². The molecule has 0 atom stereocenters. The lowest BCUT2D eigenvalue weighted by Crippen LogP contribution is -1.95. The normalized spacial score (nSPS) is 10.3. The Hall–Kier alpha value is -1.97. The maximum absolute atomic E-state index is 12.7. The van der Waals surface area contributed by atoms with Gasteiger partial charge in [-0.1, -0.05) is 12.1 Å². The summed E-state index contributed by atoms with van der Waals surface area (Å²) in [5, 5.41) is 0. The first-order chi connectivity index (χ1) is 7.79. The molecule has 1 heterocycles. The molecule has 0 unspecified atom stereocenters. The Bertz CT molecular complexity index is 476. The van der Waals surface area contributed by atoms with Gasteiger partial charge in [0.2, 0.25) is 0 Å². The zero-order valence-corrected chi connectivity index (χ0v) is 8.61. The van der Waals surface area contributed by atoms with Crippen molar-refractivity contribution in [3.8, 4) is 0 Å². The third-order valence-electron chi connectivity index (χ3n) is 2.44. The number of H-pyrrole nitrogens is 1. The molecule has 82 valence electrons. The summed E-state index contributed by atoms with van der Waals surface area (Å²) in [5.41, 5.74) is 2.30. The van der Waals surface area contributed by atoms with Crippen molar-refractivity contribution >= 4 is 6.29 Å². The first-order valence-electron chi connectivity index (χ1n) is 5.01.